The molecule has 0 fully saturated rings. The molecule has 0 aliphatic heterocycles. The van der Waals surface area contributed by atoms with Crippen LogP contribution in [0.15, 0.2) is 229 Å². The minimum atomic E-state index is -0.832. The highest BCUT2D eigenvalue weighted by molar-refractivity contribution is 7.25. The Kier molecular flexibility index (Phi) is 29.3. The molecule has 4 aliphatic rings. The average Bonchev–Trinajstić information content (AvgIpc) is 1.50. The van der Waals surface area contributed by atoms with Gasteiger partial charge in [-0.05, 0) is 271 Å². The third-order valence-corrected chi connectivity index (χ3v) is 34.0. The van der Waals surface area contributed by atoms with Crippen molar-refractivity contribution in [2.24, 2.45) is 11.8 Å². The number of aryl methyl sites for hydroxylation is 4. The minimum absolute atomic E-state index is 0.0819. The summed E-state index contributed by atoms with van der Waals surface area (Å²) in [6.45, 7) is 35.3. The third-order valence-electron chi connectivity index (χ3n) is 29.1. The van der Waals surface area contributed by atoms with Gasteiger partial charge in [0.2, 0.25) is 0 Å². The van der Waals surface area contributed by atoms with Gasteiger partial charge in [-0.25, -0.2) is 20.2 Å². The Morgan fingerprint density at radius 3 is 0.947 bits per heavy atom. The number of ketones is 2. The predicted molar refractivity (Wildman–Crippen MR) is 560 cm³/mol. The molecule has 0 N–H and O–H groups in total. The molecule has 2 atom stereocenters. The van der Waals surface area contributed by atoms with Crippen molar-refractivity contribution >= 4 is 102 Å². The van der Waals surface area contributed by atoms with E-state index >= 15 is 9.59 Å². The molecule has 4 aromatic heterocycles. The summed E-state index contributed by atoms with van der Waals surface area (Å²) < 4.78 is 0. The van der Waals surface area contributed by atoms with Gasteiger partial charge < -0.3 is 0 Å². The Morgan fingerprint density at radius 1 is 0.348 bits per heavy atom. The highest BCUT2D eigenvalue weighted by atomic mass is 32.1. The Bertz CT molecular complexity index is 6240. The molecule has 6 nitrogen and oxygen atoms in total. The summed E-state index contributed by atoms with van der Waals surface area (Å²) in [6.07, 6.45) is 37.4. The highest BCUT2D eigenvalue weighted by Gasteiger charge is 2.54. The van der Waals surface area contributed by atoms with E-state index in [1.165, 1.54) is 195 Å². The van der Waals surface area contributed by atoms with E-state index in [1.54, 1.807) is 22.7 Å². The van der Waals surface area contributed by atoms with E-state index in [1.807, 2.05) is 108 Å². The van der Waals surface area contributed by atoms with Crippen LogP contribution < -0.4 is 0 Å². The quantitative estimate of drug-likeness (QED) is 0.0166. The van der Waals surface area contributed by atoms with Crippen molar-refractivity contribution in [2.45, 2.75) is 259 Å². The molecule has 4 aliphatic carbocycles. The number of unbranched alkanes of at least 4 members (excludes halogenated alkanes) is 14. The molecule has 0 saturated heterocycles. The SMILES string of the molecule is [C-]#[N+]/C(C#N)=C1\C(=C\c2cc(CC(CC)CCCC)c(-c3cc4c(s3)-c3cc5c(cc3C4(c3ccc(CCCCCC)cc3)c3ccc(CCCCCC)cc3)-c3sc(-c4sc(/C=C6\C(=O)c7cc8ccccc8cc7\C6=C(\C#N)[N+]#[C-])cc4CC(CC)CCCC)cc3C5(c3ccc(CCCCCC)cc3)c3ccc(CCCCCC)cc3)s2)C(=O)c2cc3ccccc3cc21. The molecule has 0 bridgehead atoms. The van der Waals surface area contributed by atoms with Crippen LogP contribution >= 0.6 is 45.3 Å². The Balaban J connectivity index is 0.942. The topological polar surface area (TPSA) is 90.4 Å². The zero-order valence-corrected chi connectivity index (χ0v) is 81.7. The molecule has 0 spiro atoms. The lowest BCUT2D eigenvalue weighted by Gasteiger charge is -2.36. The van der Waals surface area contributed by atoms with E-state index < -0.39 is 10.8 Å². The van der Waals surface area contributed by atoms with Crippen molar-refractivity contribution in [2.75, 3.05) is 0 Å². The monoisotopic (exact) mass is 1800 g/mol. The summed E-state index contributed by atoms with van der Waals surface area (Å²) in [5.74, 6) is 0.485. The van der Waals surface area contributed by atoms with Gasteiger partial charge in [0.1, 0.15) is 0 Å². The standard InChI is InChI=1S/C122H122N4O2S4/c1-11-19-25-29-39-81-47-55-91(56-48-81)121(92-57-49-82(50-58-92)40-30-26-20-12-2)105-73-102-106(74-101(105)119-107(121)75-111(131-119)117-89(63-79(17-7)37-23-15-5)65-95(129-117)71-103-113(109(77-123)125-9)97-67-85-43-33-35-45-87(85)69-99(97)115(103)127)122(93-59-51-83(52-60-93)41-31-27-21-13-3,94-61-53-84(54-62-94)42-32-28-22-14-4)108-76-112(132-120(102)108)118-90(64-80(18-8)38-24-16-6)66-96(130-118)72-104-114(110(78-124)126-10)98-68-86-44-34-36-46-88(86)70-100(98)116(104)128/h33-36,43-62,65-76,79-80H,11-32,37-42,63-64H2,1-8H3/b103-71-,104-72-,113-109-,114-110+. The summed E-state index contributed by atoms with van der Waals surface area (Å²) in [5, 5.41) is 25.4. The highest BCUT2D eigenvalue weighted by Crippen LogP contribution is 2.67. The normalized spacial score (nSPS) is 15.5. The van der Waals surface area contributed by atoms with Crippen molar-refractivity contribution in [1.29, 1.82) is 10.5 Å². The number of hydrogen-bond donors (Lipinski definition) is 0. The van der Waals surface area contributed by atoms with Crippen LogP contribution in [0.3, 0.4) is 0 Å². The zero-order chi connectivity index (χ0) is 91.6. The fraction of sp³-hybridized carbons (Fsp3) is 0.344. The van der Waals surface area contributed by atoms with Crippen LogP contribution in [0.2, 0.25) is 0 Å². The van der Waals surface area contributed by atoms with E-state index in [-0.39, 0.29) is 23.0 Å². The first-order chi connectivity index (χ1) is 64.7. The van der Waals surface area contributed by atoms with E-state index in [0.29, 0.717) is 56.4 Å². The lowest BCUT2D eigenvalue weighted by Crippen LogP contribution is -2.30. The van der Waals surface area contributed by atoms with E-state index in [9.17, 15) is 10.5 Å². The fourth-order valence-corrected chi connectivity index (χ4v) is 26.9. The molecule has 2 unspecified atom stereocenters. The summed E-state index contributed by atoms with van der Waals surface area (Å²) in [7, 11) is 0. The summed E-state index contributed by atoms with van der Waals surface area (Å²) >= 11 is 7.34. The van der Waals surface area contributed by atoms with Crippen molar-refractivity contribution in [3.63, 3.8) is 0 Å². The lowest BCUT2D eigenvalue weighted by atomic mass is 9.65. The van der Waals surface area contributed by atoms with Gasteiger partial charge in [-0.2, -0.15) is 0 Å². The van der Waals surface area contributed by atoms with Crippen LogP contribution in [0.25, 0.3) is 94.9 Å². The second-order valence-electron chi connectivity index (χ2n) is 37.6. The Morgan fingerprint density at radius 2 is 0.659 bits per heavy atom. The molecular formula is C122H122N4O2S4. The molecule has 0 radical (unpaired) electrons. The first-order valence-corrected chi connectivity index (χ1v) is 52.7. The number of Topliss-reactive ketones (excluding diaryl/α,β-unsaturated/α-hetero) is 2. The van der Waals surface area contributed by atoms with E-state index in [4.69, 9.17) is 13.1 Å². The summed E-state index contributed by atoms with van der Waals surface area (Å²) in [6, 6.07) is 83.2. The fourth-order valence-electron chi connectivity index (χ4n) is 21.8. The largest absolute Gasteiger partial charge is 0.289 e. The van der Waals surface area contributed by atoms with Gasteiger partial charge in [0.15, 0.2) is 11.6 Å². The number of thiophene rings is 4. The van der Waals surface area contributed by atoms with Crippen molar-refractivity contribution in [3.05, 3.63) is 362 Å². The van der Waals surface area contributed by atoms with Crippen molar-refractivity contribution in [1.82, 2.24) is 0 Å². The van der Waals surface area contributed by atoms with Crippen LogP contribution in [0, 0.1) is 47.6 Å². The van der Waals surface area contributed by atoms with Crippen LogP contribution in [-0.2, 0) is 49.4 Å². The maximum absolute atomic E-state index is 15.4. The maximum atomic E-state index is 15.4. The van der Waals surface area contributed by atoms with Gasteiger partial charge in [0.05, 0.1) is 36.1 Å². The molecule has 10 heteroatoms. The van der Waals surface area contributed by atoms with Crippen LogP contribution in [-0.4, -0.2) is 11.6 Å². The van der Waals surface area contributed by atoms with E-state index in [2.05, 4.69) is 211 Å². The van der Waals surface area contributed by atoms with Gasteiger partial charge in [0, 0.05) is 72.4 Å². The molecular weight excluding hydrogens is 1680 g/mol. The Hall–Kier alpha value is -11.4. The first kappa shape index (κ1) is 92.4. The number of rotatable bonds is 40. The number of fused-ring (bicyclic) bond motifs is 10. The second-order valence-corrected chi connectivity index (χ2v) is 41.9. The number of nitriles is 2. The van der Waals surface area contributed by atoms with Gasteiger partial charge in [0.25, 0.3) is 11.4 Å². The second kappa shape index (κ2) is 41.8. The zero-order valence-electron chi connectivity index (χ0n) is 78.4. The molecule has 4 heterocycles. The molecule has 132 heavy (non-hydrogen) atoms. The number of hydrogen-bond acceptors (Lipinski definition) is 8. The molecule has 666 valence electrons. The predicted octanol–water partition coefficient (Wildman–Crippen LogP) is 35.2. The number of nitrogens with zero attached hydrogens (tertiary/aromatic N) is 4. The number of carbonyl (C=O) groups excluding carboxylic acids is 2. The summed E-state index contributed by atoms with van der Waals surface area (Å²) in [5.41, 5.74) is 22.4. The molecule has 0 saturated carbocycles. The smallest absolute Gasteiger partial charge is 0.270 e. The van der Waals surface area contributed by atoms with Gasteiger partial charge in [-0.3, -0.25) is 9.59 Å². The third kappa shape index (κ3) is 17.9. The number of benzene rings is 9. The van der Waals surface area contributed by atoms with Crippen LogP contribution in [0.1, 0.15) is 329 Å². The van der Waals surface area contributed by atoms with Crippen molar-refractivity contribution < 1.29 is 9.59 Å². The molecule has 0 amide bonds. The minimum Gasteiger partial charge on any atom is -0.289 e. The number of carbonyl (C=O) groups is 2. The van der Waals surface area contributed by atoms with Crippen LogP contribution in [0.4, 0.5) is 0 Å². The first-order valence-electron chi connectivity index (χ1n) is 49.5. The lowest BCUT2D eigenvalue weighted by molar-refractivity contribution is 0.103. The van der Waals surface area contributed by atoms with Crippen molar-refractivity contribution in [3.8, 4) is 52.5 Å². The van der Waals surface area contributed by atoms with Crippen LogP contribution in [0.5, 0.6) is 0 Å². The molecule has 13 aromatic rings. The van der Waals surface area contributed by atoms with Gasteiger partial charge in [-0.15, -0.1) is 45.3 Å². The number of allylic oxidation sites excluding steroid dienone is 6. The van der Waals surface area contributed by atoms with E-state index in [0.717, 1.165) is 147 Å². The maximum Gasteiger partial charge on any atom is 0.270 e. The summed E-state index contributed by atoms with van der Waals surface area (Å²) in [4.78, 5) is 47.5. The Labute approximate surface area is 800 Å². The molecule has 17 rings (SSSR count). The van der Waals surface area contributed by atoms with Gasteiger partial charge >= 0.3 is 0 Å². The molecule has 9 aromatic carbocycles. The average molecular weight is 1800 g/mol. The van der Waals surface area contributed by atoms with Gasteiger partial charge in [-0.1, -0.05) is 329 Å².